The fraction of sp³-hybridized carbons (Fsp3) is 0.450. The predicted octanol–water partition coefficient (Wildman–Crippen LogP) is 4.18. The molecule has 2 unspecified atom stereocenters. The molecule has 1 aromatic heterocycles. The van der Waals surface area contributed by atoms with Crippen molar-refractivity contribution in [2.45, 2.75) is 45.4 Å². The van der Waals surface area contributed by atoms with Crippen LogP contribution in [0.5, 0.6) is 0 Å². The van der Waals surface area contributed by atoms with Gasteiger partial charge in [-0.3, -0.25) is 9.59 Å². The summed E-state index contributed by atoms with van der Waals surface area (Å²) in [7, 11) is 0. The molecule has 2 aromatic rings. The van der Waals surface area contributed by atoms with E-state index in [0.29, 0.717) is 5.02 Å². The summed E-state index contributed by atoms with van der Waals surface area (Å²) in [6.07, 6.45) is 7.19. The molecule has 130 valence electrons. The molecular weight excluding hydrogens is 336 g/mol. The summed E-state index contributed by atoms with van der Waals surface area (Å²) in [5.41, 5.74) is 3.71. The monoisotopic (exact) mass is 356 g/mol. The third kappa shape index (κ3) is 2.63. The van der Waals surface area contributed by atoms with E-state index in [9.17, 15) is 9.59 Å². The molecule has 0 spiro atoms. The number of Topliss-reactive ketones (excluding diaryl/α,β-unsaturated/α-hetero) is 2. The van der Waals surface area contributed by atoms with Gasteiger partial charge >= 0.3 is 0 Å². The normalized spacial score (nSPS) is 26.1. The van der Waals surface area contributed by atoms with Gasteiger partial charge in [0.05, 0.1) is 16.9 Å². The fourth-order valence-corrected chi connectivity index (χ4v) is 4.78. The molecule has 0 bridgehead atoms. The van der Waals surface area contributed by atoms with Crippen LogP contribution >= 0.6 is 11.6 Å². The Hall–Kier alpha value is -1.94. The first-order valence-corrected chi connectivity index (χ1v) is 9.24. The van der Waals surface area contributed by atoms with Crippen molar-refractivity contribution in [2.24, 2.45) is 11.8 Å². The van der Waals surface area contributed by atoms with E-state index < -0.39 is 5.92 Å². The lowest BCUT2D eigenvalue weighted by Crippen LogP contribution is -2.21. The summed E-state index contributed by atoms with van der Waals surface area (Å²) in [5.74, 6) is -0.431. The molecule has 2 fully saturated rings. The average Bonchev–Trinajstić information content (AvgIpc) is 3.12. The Labute approximate surface area is 152 Å². The number of benzene rings is 1. The van der Waals surface area contributed by atoms with E-state index in [0.717, 1.165) is 48.1 Å². The Balaban J connectivity index is 1.76. The molecule has 2 aliphatic rings. The number of rotatable bonds is 2. The summed E-state index contributed by atoms with van der Waals surface area (Å²) in [6, 6.07) is 3.96. The van der Waals surface area contributed by atoms with Crippen LogP contribution in [0.4, 0.5) is 0 Å². The molecule has 4 rings (SSSR count). The molecule has 0 N–H and O–H groups in total. The summed E-state index contributed by atoms with van der Waals surface area (Å²) < 4.78 is 1.71. The van der Waals surface area contributed by atoms with E-state index in [-0.39, 0.29) is 23.4 Å². The van der Waals surface area contributed by atoms with Crippen molar-refractivity contribution in [1.82, 2.24) is 9.78 Å². The standard InChI is InChI=1S/C20H21ClN2O2/c1-11-7-14(23-10-13(21)9-22-23)8-12(2)17(11)18-19(24)15-5-3-4-6-16(15)20(18)25/h7-10,15-16,18H,3-6H2,1-2H3. The van der Waals surface area contributed by atoms with Crippen LogP contribution in [0.15, 0.2) is 24.5 Å². The molecule has 1 aromatic carbocycles. The molecule has 0 aliphatic heterocycles. The molecule has 4 nitrogen and oxygen atoms in total. The van der Waals surface area contributed by atoms with Crippen molar-refractivity contribution in [3.05, 3.63) is 46.2 Å². The van der Waals surface area contributed by atoms with Gasteiger partial charge in [0, 0.05) is 18.0 Å². The zero-order chi connectivity index (χ0) is 17.7. The van der Waals surface area contributed by atoms with E-state index in [1.807, 2.05) is 26.0 Å². The number of hydrogen-bond donors (Lipinski definition) is 0. The van der Waals surface area contributed by atoms with Gasteiger partial charge in [0.25, 0.3) is 0 Å². The van der Waals surface area contributed by atoms with Crippen LogP contribution in [-0.2, 0) is 9.59 Å². The Morgan fingerprint density at radius 2 is 1.60 bits per heavy atom. The molecule has 2 saturated carbocycles. The van der Waals surface area contributed by atoms with Crippen LogP contribution < -0.4 is 0 Å². The number of halogens is 1. The Morgan fingerprint density at radius 3 is 2.08 bits per heavy atom. The van der Waals surface area contributed by atoms with Crippen molar-refractivity contribution in [3.63, 3.8) is 0 Å². The van der Waals surface area contributed by atoms with Gasteiger partial charge in [-0.2, -0.15) is 5.10 Å². The van der Waals surface area contributed by atoms with Crippen LogP contribution in [0.1, 0.15) is 48.3 Å². The van der Waals surface area contributed by atoms with E-state index in [1.54, 1.807) is 17.1 Å². The highest BCUT2D eigenvalue weighted by Gasteiger charge is 2.50. The van der Waals surface area contributed by atoms with Crippen LogP contribution in [0, 0.1) is 25.7 Å². The van der Waals surface area contributed by atoms with Gasteiger partial charge in [-0.25, -0.2) is 4.68 Å². The van der Waals surface area contributed by atoms with Crippen LogP contribution in [0.2, 0.25) is 5.02 Å². The first kappa shape index (κ1) is 16.5. The lowest BCUT2D eigenvalue weighted by Gasteiger charge is -2.21. The van der Waals surface area contributed by atoms with Gasteiger partial charge in [0.1, 0.15) is 5.92 Å². The second-order valence-corrected chi connectivity index (χ2v) is 7.77. The Bertz CT molecular complexity index is 823. The highest BCUT2D eigenvalue weighted by atomic mass is 35.5. The van der Waals surface area contributed by atoms with Crippen molar-refractivity contribution < 1.29 is 9.59 Å². The second kappa shape index (κ2) is 6.10. The maximum absolute atomic E-state index is 13.0. The number of ketones is 2. The minimum atomic E-state index is -0.580. The quantitative estimate of drug-likeness (QED) is 0.758. The van der Waals surface area contributed by atoms with Crippen molar-refractivity contribution in [3.8, 4) is 5.69 Å². The zero-order valence-electron chi connectivity index (χ0n) is 14.5. The number of nitrogens with zero attached hydrogens (tertiary/aromatic N) is 2. The van der Waals surface area contributed by atoms with Gasteiger partial charge in [-0.1, -0.05) is 24.4 Å². The van der Waals surface area contributed by atoms with Gasteiger partial charge in [-0.15, -0.1) is 0 Å². The molecular formula is C20H21ClN2O2. The summed E-state index contributed by atoms with van der Waals surface area (Å²) in [6.45, 7) is 3.94. The number of aromatic nitrogens is 2. The molecule has 1 heterocycles. The smallest absolute Gasteiger partial charge is 0.151 e. The fourth-order valence-electron chi connectivity index (χ4n) is 4.65. The maximum Gasteiger partial charge on any atom is 0.151 e. The molecule has 2 atom stereocenters. The summed E-state index contributed by atoms with van der Waals surface area (Å²) in [5, 5.41) is 4.81. The van der Waals surface area contributed by atoms with Gasteiger partial charge < -0.3 is 0 Å². The predicted molar refractivity (Wildman–Crippen MR) is 96.3 cm³/mol. The van der Waals surface area contributed by atoms with Crippen LogP contribution in [0.25, 0.3) is 5.69 Å². The van der Waals surface area contributed by atoms with Crippen LogP contribution in [-0.4, -0.2) is 21.3 Å². The van der Waals surface area contributed by atoms with E-state index in [4.69, 9.17) is 11.6 Å². The van der Waals surface area contributed by atoms with Crippen molar-refractivity contribution in [2.75, 3.05) is 0 Å². The van der Waals surface area contributed by atoms with Crippen LogP contribution in [0.3, 0.4) is 0 Å². The van der Waals surface area contributed by atoms with Gasteiger partial charge in [0.2, 0.25) is 0 Å². The Kier molecular flexibility index (Phi) is 4.03. The lowest BCUT2D eigenvalue weighted by molar-refractivity contribution is -0.125. The molecule has 0 radical (unpaired) electrons. The van der Waals surface area contributed by atoms with Crippen molar-refractivity contribution in [1.29, 1.82) is 0 Å². The average molecular weight is 357 g/mol. The zero-order valence-corrected chi connectivity index (χ0v) is 15.2. The topological polar surface area (TPSA) is 52.0 Å². The Morgan fingerprint density at radius 1 is 1.04 bits per heavy atom. The highest BCUT2D eigenvalue weighted by Crippen LogP contribution is 2.45. The highest BCUT2D eigenvalue weighted by molar-refractivity contribution is 6.30. The first-order chi connectivity index (χ1) is 12.0. The first-order valence-electron chi connectivity index (χ1n) is 8.86. The van der Waals surface area contributed by atoms with E-state index in [2.05, 4.69) is 5.10 Å². The second-order valence-electron chi connectivity index (χ2n) is 7.33. The largest absolute Gasteiger partial charge is 0.298 e. The number of fused-ring (bicyclic) bond motifs is 1. The van der Waals surface area contributed by atoms with E-state index in [1.165, 1.54) is 0 Å². The number of carbonyl (C=O) groups is 2. The third-order valence-corrected chi connectivity index (χ3v) is 5.94. The summed E-state index contributed by atoms with van der Waals surface area (Å²) in [4.78, 5) is 25.9. The third-order valence-electron chi connectivity index (χ3n) is 5.75. The SMILES string of the molecule is Cc1cc(-n2cc(Cl)cn2)cc(C)c1C1C(=O)C2CCCCC2C1=O. The van der Waals surface area contributed by atoms with Gasteiger partial charge in [0.15, 0.2) is 11.6 Å². The minimum absolute atomic E-state index is 0.0605. The molecule has 5 heteroatoms. The van der Waals surface area contributed by atoms with E-state index >= 15 is 0 Å². The molecule has 25 heavy (non-hydrogen) atoms. The maximum atomic E-state index is 13.0. The number of carbonyl (C=O) groups excluding carboxylic acids is 2. The van der Waals surface area contributed by atoms with Crippen molar-refractivity contribution >= 4 is 23.2 Å². The van der Waals surface area contributed by atoms with Gasteiger partial charge in [-0.05, 0) is 55.5 Å². The molecule has 2 aliphatic carbocycles. The molecule has 0 amide bonds. The number of aryl methyl sites for hydroxylation is 2. The lowest BCUT2D eigenvalue weighted by atomic mass is 9.81. The summed E-state index contributed by atoms with van der Waals surface area (Å²) >= 11 is 5.96. The minimum Gasteiger partial charge on any atom is -0.298 e. The number of hydrogen-bond acceptors (Lipinski definition) is 3. The molecule has 0 saturated heterocycles.